The highest BCUT2D eigenvalue weighted by atomic mass is 16.4. The maximum absolute atomic E-state index is 8.96. The molecular weight excluding hydrogens is 213 g/mol. The second-order valence-electron chi connectivity index (χ2n) is 3.83. The SMILES string of the molecule is OB(O)c1ccc(CNc2ccccc2)cc1.[HH]. The summed E-state index contributed by atoms with van der Waals surface area (Å²) in [5.41, 5.74) is 2.67. The van der Waals surface area contributed by atoms with Crippen LogP contribution in [0.2, 0.25) is 0 Å². The van der Waals surface area contributed by atoms with Crippen molar-refractivity contribution < 1.29 is 11.5 Å². The van der Waals surface area contributed by atoms with E-state index < -0.39 is 7.12 Å². The second-order valence-corrected chi connectivity index (χ2v) is 3.83. The third-order valence-corrected chi connectivity index (χ3v) is 2.55. The molecule has 0 fully saturated rings. The third kappa shape index (κ3) is 3.34. The first-order valence-corrected chi connectivity index (χ1v) is 5.49. The van der Waals surface area contributed by atoms with Gasteiger partial charge in [-0.3, -0.25) is 0 Å². The van der Waals surface area contributed by atoms with Crippen LogP contribution >= 0.6 is 0 Å². The van der Waals surface area contributed by atoms with Crippen molar-refractivity contribution >= 4 is 18.3 Å². The largest absolute Gasteiger partial charge is 0.488 e. The van der Waals surface area contributed by atoms with Gasteiger partial charge < -0.3 is 15.4 Å². The molecule has 2 aromatic rings. The van der Waals surface area contributed by atoms with Gasteiger partial charge in [-0.2, -0.15) is 0 Å². The van der Waals surface area contributed by atoms with Crippen LogP contribution in [-0.2, 0) is 6.54 Å². The summed E-state index contributed by atoms with van der Waals surface area (Å²) in [6, 6.07) is 17.1. The van der Waals surface area contributed by atoms with Crippen LogP contribution in [0.5, 0.6) is 0 Å². The number of hydrogen-bond acceptors (Lipinski definition) is 3. The summed E-state index contributed by atoms with van der Waals surface area (Å²) in [5.74, 6) is 0. The average Bonchev–Trinajstić information content (AvgIpc) is 2.38. The smallest absolute Gasteiger partial charge is 0.423 e. The average molecular weight is 229 g/mol. The zero-order valence-corrected chi connectivity index (χ0v) is 9.38. The van der Waals surface area contributed by atoms with Gasteiger partial charge in [-0.05, 0) is 23.2 Å². The molecule has 0 atom stereocenters. The summed E-state index contributed by atoms with van der Waals surface area (Å²) < 4.78 is 0. The van der Waals surface area contributed by atoms with Gasteiger partial charge in [-0.25, -0.2) is 0 Å². The number of rotatable bonds is 4. The van der Waals surface area contributed by atoms with E-state index in [-0.39, 0.29) is 1.43 Å². The van der Waals surface area contributed by atoms with Crippen LogP contribution in [-0.4, -0.2) is 17.2 Å². The maximum Gasteiger partial charge on any atom is 0.488 e. The summed E-state index contributed by atoms with van der Waals surface area (Å²) >= 11 is 0. The van der Waals surface area contributed by atoms with E-state index in [1.807, 2.05) is 42.5 Å². The maximum atomic E-state index is 8.96. The molecular formula is C13H16BNO2. The van der Waals surface area contributed by atoms with Gasteiger partial charge in [0.15, 0.2) is 0 Å². The fourth-order valence-electron chi connectivity index (χ4n) is 1.57. The van der Waals surface area contributed by atoms with E-state index >= 15 is 0 Å². The molecule has 0 unspecified atom stereocenters. The lowest BCUT2D eigenvalue weighted by Gasteiger charge is -2.07. The minimum Gasteiger partial charge on any atom is -0.423 e. The van der Waals surface area contributed by atoms with Gasteiger partial charge >= 0.3 is 7.12 Å². The Labute approximate surface area is 102 Å². The Bertz CT molecular complexity index is 462. The Hall–Kier alpha value is -1.78. The Morgan fingerprint density at radius 1 is 0.941 bits per heavy atom. The molecule has 0 saturated carbocycles. The summed E-state index contributed by atoms with van der Waals surface area (Å²) in [4.78, 5) is 0. The highest BCUT2D eigenvalue weighted by Crippen LogP contribution is 2.07. The van der Waals surface area contributed by atoms with Crippen molar-refractivity contribution in [1.29, 1.82) is 0 Å². The highest BCUT2D eigenvalue weighted by molar-refractivity contribution is 6.58. The van der Waals surface area contributed by atoms with E-state index in [4.69, 9.17) is 10.0 Å². The summed E-state index contributed by atoms with van der Waals surface area (Å²) in [6.07, 6.45) is 0. The van der Waals surface area contributed by atoms with Crippen LogP contribution in [0.15, 0.2) is 54.6 Å². The van der Waals surface area contributed by atoms with Crippen molar-refractivity contribution in [2.75, 3.05) is 5.32 Å². The third-order valence-electron chi connectivity index (χ3n) is 2.55. The van der Waals surface area contributed by atoms with Gasteiger partial charge in [0.2, 0.25) is 0 Å². The molecule has 0 saturated heterocycles. The molecule has 2 rings (SSSR count). The van der Waals surface area contributed by atoms with Crippen molar-refractivity contribution in [1.82, 2.24) is 0 Å². The normalized spacial score (nSPS) is 10.0. The molecule has 0 amide bonds. The molecule has 0 aliphatic carbocycles. The molecule has 0 aromatic heterocycles. The number of hydrogen-bond donors (Lipinski definition) is 3. The fourth-order valence-corrected chi connectivity index (χ4v) is 1.57. The fraction of sp³-hybridized carbons (Fsp3) is 0.0769. The lowest BCUT2D eigenvalue weighted by Crippen LogP contribution is -2.29. The zero-order chi connectivity index (χ0) is 12.1. The molecule has 0 aliphatic rings. The van der Waals surface area contributed by atoms with Crippen LogP contribution in [0, 0.1) is 0 Å². The van der Waals surface area contributed by atoms with Crippen LogP contribution < -0.4 is 10.8 Å². The molecule has 17 heavy (non-hydrogen) atoms. The van der Waals surface area contributed by atoms with Crippen molar-refractivity contribution in [2.24, 2.45) is 0 Å². The van der Waals surface area contributed by atoms with Crippen LogP contribution in [0.25, 0.3) is 0 Å². The molecule has 4 heteroatoms. The van der Waals surface area contributed by atoms with E-state index in [9.17, 15) is 0 Å². The van der Waals surface area contributed by atoms with Gasteiger partial charge in [0.05, 0.1) is 0 Å². The molecule has 0 bridgehead atoms. The van der Waals surface area contributed by atoms with Crippen LogP contribution in [0.1, 0.15) is 6.99 Å². The van der Waals surface area contributed by atoms with Gasteiger partial charge in [-0.1, -0.05) is 42.5 Å². The Kier molecular flexibility index (Phi) is 3.80. The van der Waals surface area contributed by atoms with Gasteiger partial charge in [0.25, 0.3) is 0 Å². The molecule has 2 aromatic carbocycles. The van der Waals surface area contributed by atoms with Crippen molar-refractivity contribution in [2.45, 2.75) is 6.54 Å². The summed E-state index contributed by atoms with van der Waals surface area (Å²) in [6.45, 7) is 0.714. The first kappa shape index (κ1) is 11.7. The Morgan fingerprint density at radius 3 is 2.18 bits per heavy atom. The molecule has 0 aliphatic heterocycles. The topological polar surface area (TPSA) is 52.5 Å². The molecule has 3 N–H and O–H groups in total. The highest BCUT2D eigenvalue weighted by Gasteiger charge is 2.09. The number of para-hydroxylation sites is 1. The quantitative estimate of drug-likeness (QED) is 0.691. The van der Waals surface area contributed by atoms with E-state index in [1.54, 1.807) is 12.1 Å². The Morgan fingerprint density at radius 2 is 1.59 bits per heavy atom. The van der Waals surface area contributed by atoms with Crippen molar-refractivity contribution in [3.05, 3.63) is 60.2 Å². The van der Waals surface area contributed by atoms with Gasteiger partial charge in [0.1, 0.15) is 0 Å². The summed E-state index contributed by atoms with van der Waals surface area (Å²) in [5, 5.41) is 21.2. The molecule has 0 radical (unpaired) electrons. The monoisotopic (exact) mass is 229 g/mol. The molecule has 88 valence electrons. The summed E-state index contributed by atoms with van der Waals surface area (Å²) in [7, 11) is -1.40. The molecule has 0 spiro atoms. The van der Waals surface area contributed by atoms with E-state index in [2.05, 4.69) is 5.32 Å². The predicted octanol–water partition coefficient (Wildman–Crippen LogP) is 1.22. The Balaban J connectivity index is 0.00000162. The van der Waals surface area contributed by atoms with Crippen molar-refractivity contribution in [3.8, 4) is 0 Å². The number of anilines is 1. The number of nitrogens with one attached hydrogen (secondary N) is 1. The van der Waals surface area contributed by atoms with E-state index in [0.717, 1.165) is 11.3 Å². The van der Waals surface area contributed by atoms with Gasteiger partial charge in [-0.15, -0.1) is 0 Å². The minimum absolute atomic E-state index is 0. The predicted molar refractivity (Wildman–Crippen MR) is 72.2 cm³/mol. The first-order valence-electron chi connectivity index (χ1n) is 5.49. The van der Waals surface area contributed by atoms with Crippen molar-refractivity contribution in [3.63, 3.8) is 0 Å². The zero-order valence-electron chi connectivity index (χ0n) is 9.38. The molecule has 3 nitrogen and oxygen atoms in total. The lowest BCUT2D eigenvalue weighted by atomic mass is 9.80. The lowest BCUT2D eigenvalue weighted by molar-refractivity contribution is 0.426. The molecule has 0 heterocycles. The number of benzene rings is 2. The second kappa shape index (κ2) is 5.52. The first-order chi connectivity index (χ1) is 8.25. The van der Waals surface area contributed by atoms with Crippen LogP contribution in [0.3, 0.4) is 0 Å². The minimum atomic E-state index is -1.40. The standard InChI is InChI=1S/C13H14BNO2.H2/c16-14(17)12-8-6-11(7-9-12)10-15-13-4-2-1-3-5-13;/h1-9,15-17H,10H2;1H. The van der Waals surface area contributed by atoms with E-state index in [0.29, 0.717) is 12.0 Å². The van der Waals surface area contributed by atoms with Crippen LogP contribution in [0.4, 0.5) is 5.69 Å². The van der Waals surface area contributed by atoms with Gasteiger partial charge in [0, 0.05) is 13.7 Å². The van der Waals surface area contributed by atoms with E-state index in [1.165, 1.54) is 0 Å².